The molecule has 3 aromatic carbocycles. The summed E-state index contributed by atoms with van der Waals surface area (Å²) in [5, 5.41) is 28.8. The van der Waals surface area contributed by atoms with E-state index >= 15 is 0 Å². The maximum Gasteiger partial charge on any atom is 0.303 e. The van der Waals surface area contributed by atoms with E-state index in [1.807, 2.05) is 72.8 Å². The van der Waals surface area contributed by atoms with Crippen molar-refractivity contribution in [2.75, 3.05) is 5.75 Å². The Morgan fingerprint density at radius 2 is 1.69 bits per heavy atom. The number of hydrogen-bond donors (Lipinski definition) is 4. The van der Waals surface area contributed by atoms with Crippen LogP contribution in [0.4, 0.5) is 0 Å². The minimum atomic E-state index is -0.806. The number of carboxylic acids is 1. The average molecular weight is 631 g/mol. The van der Waals surface area contributed by atoms with Crippen molar-refractivity contribution >= 4 is 23.6 Å². The Morgan fingerprint density at radius 1 is 0.933 bits per heavy atom. The zero-order chi connectivity index (χ0) is 31.4. The van der Waals surface area contributed by atoms with Crippen LogP contribution in [-0.4, -0.2) is 49.1 Å². The molecule has 0 aliphatic carbocycles. The summed E-state index contributed by atoms with van der Waals surface area (Å²) in [5.74, 6) is -0.169. The lowest BCUT2D eigenvalue weighted by atomic mass is 9.97. The molecule has 4 aromatic rings. The molecule has 4 N–H and O–H groups in total. The fraction of sp³-hybridized carbons (Fsp3) is 0.353. The maximum atomic E-state index is 12.4. The summed E-state index contributed by atoms with van der Waals surface area (Å²) in [6.45, 7) is 0.397. The highest BCUT2D eigenvalue weighted by Crippen LogP contribution is 2.39. The number of carboxylic acid groups (broad SMARTS) is 1. The van der Waals surface area contributed by atoms with Gasteiger partial charge in [-0.25, -0.2) is 4.98 Å². The van der Waals surface area contributed by atoms with Gasteiger partial charge in [-0.2, -0.15) is 5.10 Å². The van der Waals surface area contributed by atoms with Gasteiger partial charge in [-0.3, -0.25) is 14.7 Å². The normalized spacial score (nSPS) is 18.0. The monoisotopic (exact) mass is 630 g/mol. The third-order valence-electron chi connectivity index (χ3n) is 7.70. The number of H-pyrrole nitrogens is 1. The Morgan fingerprint density at radius 3 is 2.42 bits per heavy atom. The second-order valence-electron chi connectivity index (χ2n) is 11.0. The Labute approximate surface area is 266 Å². The van der Waals surface area contributed by atoms with Crippen molar-refractivity contribution in [1.82, 2.24) is 20.5 Å². The molecule has 236 valence electrons. The quantitative estimate of drug-likeness (QED) is 0.0924. The summed E-state index contributed by atoms with van der Waals surface area (Å²) in [5.41, 5.74) is 5.83. The zero-order valence-electron chi connectivity index (χ0n) is 24.9. The SMILES string of the molecule is O=C(O)CCCCCC(=O)NCc1ccccc1-c1ccc([C@@H]2O[C@H](CSc3ncn[nH]3)C[C@H](c3ccc(CO)cc3)O2)cc1. The molecule has 11 heteroatoms. The lowest BCUT2D eigenvalue weighted by Gasteiger charge is -2.36. The number of hydrogen-bond acceptors (Lipinski definition) is 8. The number of rotatable bonds is 15. The zero-order valence-corrected chi connectivity index (χ0v) is 25.7. The number of aliphatic carboxylic acids is 1. The van der Waals surface area contributed by atoms with Crippen LogP contribution in [0, 0.1) is 0 Å². The van der Waals surface area contributed by atoms with Crippen LogP contribution in [-0.2, 0) is 32.2 Å². The van der Waals surface area contributed by atoms with Crippen LogP contribution < -0.4 is 5.32 Å². The number of thioether (sulfide) groups is 1. The Kier molecular flexibility index (Phi) is 11.7. The van der Waals surface area contributed by atoms with Crippen molar-refractivity contribution in [2.24, 2.45) is 0 Å². The van der Waals surface area contributed by atoms with Gasteiger partial charge in [0.1, 0.15) is 6.33 Å². The number of amides is 1. The van der Waals surface area contributed by atoms with E-state index in [2.05, 4.69) is 20.5 Å². The van der Waals surface area contributed by atoms with Crippen molar-refractivity contribution in [1.29, 1.82) is 0 Å². The van der Waals surface area contributed by atoms with Crippen molar-refractivity contribution in [3.63, 3.8) is 0 Å². The summed E-state index contributed by atoms with van der Waals surface area (Å²) in [4.78, 5) is 27.3. The molecule has 45 heavy (non-hydrogen) atoms. The first-order chi connectivity index (χ1) is 22.0. The molecule has 1 fully saturated rings. The highest BCUT2D eigenvalue weighted by atomic mass is 32.2. The van der Waals surface area contributed by atoms with Gasteiger partial charge in [0.05, 0.1) is 18.8 Å². The molecule has 0 radical (unpaired) electrons. The van der Waals surface area contributed by atoms with Crippen LogP contribution in [0.2, 0.25) is 0 Å². The molecule has 3 atom stereocenters. The van der Waals surface area contributed by atoms with E-state index in [0.717, 1.165) is 45.0 Å². The molecule has 1 amide bonds. The highest BCUT2D eigenvalue weighted by molar-refractivity contribution is 7.99. The fourth-order valence-electron chi connectivity index (χ4n) is 5.26. The van der Waals surface area contributed by atoms with Crippen molar-refractivity contribution in [3.8, 4) is 11.1 Å². The van der Waals surface area contributed by atoms with Gasteiger partial charge in [-0.15, -0.1) is 0 Å². The lowest BCUT2D eigenvalue weighted by Crippen LogP contribution is -2.31. The van der Waals surface area contributed by atoms with Gasteiger partial charge in [0.15, 0.2) is 11.4 Å². The Bertz CT molecular complexity index is 1510. The van der Waals surface area contributed by atoms with E-state index < -0.39 is 12.3 Å². The van der Waals surface area contributed by atoms with Gasteiger partial charge in [0, 0.05) is 37.1 Å². The number of ether oxygens (including phenoxy) is 2. The molecule has 0 unspecified atom stereocenters. The van der Waals surface area contributed by atoms with Crippen LogP contribution in [0.3, 0.4) is 0 Å². The summed E-state index contributed by atoms with van der Waals surface area (Å²) in [7, 11) is 0. The van der Waals surface area contributed by atoms with E-state index in [-0.39, 0.29) is 31.1 Å². The minimum absolute atomic E-state index is 0.00792. The third kappa shape index (κ3) is 9.48. The van der Waals surface area contributed by atoms with E-state index in [1.54, 1.807) is 11.8 Å². The second kappa shape index (κ2) is 16.3. The molecular formula is C34H38N4O6S. The highest BCUT2D eigenvalue weighted by Gasteiger charge is 2.32. The van der Waals surface area contributed by atoms with E-state index in [1.165, 1.54) is 6.33 Å². The number of aliphatic hydroxyl groups excluding tert-OH is 1. The van der Waals surface area contributed by atoms with E-state index in [4.69, 9.17) is 14.6 Å². The largest absolute Gasteiger partial charge is 0.481 e. The van der Waals surface area contributed by atoms with Crippen LogP contribution in [0.5, 0.6) is 0 Å². The number of unbranched alkanes of at least 4 members (excludes halogenated alkanes) is 2. The van der Waals surface area contributed by atoms with Gasteiger partial charge >= 0.3 is 5.97 Å². The minimum Gasteiger partial charge on any atom is -0.481 e. The van der Waals surface area contributed by atoms with Crippen molar-refractivity contribution in [2.45, 2.75) is 75.3 Å². The Hall–Kier alpha value is -4.03. The smallest absolute Gasteiger partial charge is 0.303 e. The number of carbonyl (C=O) groups excluding carboxylic acids is 1. The summed E-state index contributed by atoms with van der Waals surface area (Å²) in [6, 6.07) is 23.9. The van der Waals surface area contributed by atoms with Crippen molar-refractivity contribution < 1.29 is 29.3 Å². The standard InChI is InChI=1S/C34H38N4O6S/c39-20-23-10-12-25(13-11-23)30-18-28(21-45-34-36-22-37-38-34)43-33(44-30)26-16-14-24(15-17-26)29-7-5-4-6-27(29)19-35-31(40)8-2-1-3-9-32(41)42/h4-7,10-17,22,28,30,33,39H,1-3,8-9,18-21H2,(H,35,40)(H,41,42)(H,36,37,38)/t28-,30+,33+/m0/s1. The number of benzene rings is 3. The van der Waals surface area contributed by atoms with Gasteiger partial charge in [-0.05, 0) is 40.7 Å². The topological polar surface area (TPSA) is 147 Å². The molecule has 10 nitrogen and oxygen atoms in total. The summed E-state index contributed by atoms with van der Waals surface area (Å²) >= 11 is 1.56. The van der Waals surface area contributed by atoms with Gasteiger partial charge in [0.2, 0.25) is 5.91 Å². The molecule has 0 bridgehead atoms. The fourth-order valence-corrected chi connectivity index (χ4v) is 6.05. The van der Waals surface area contributed by atoms with Gasteiger partial charge in [-0.1, -0.05) is 91.0 Å². The molecule has 1 aliphatic rings. The number of aliphatic hydroxyl groups is 1. The van der Waals surface area contributed by atoms with E-state index in [0.29, 0.717) is 38.0 Å². The van der Waals surface area contributed by atoms with Crippen LogP contribution in [0.15, 0.2) is 84.3 Å². The molecule has 0 spiro atoms. The van der Waals surface area contributed by atoms with Crippen LogP contribution in [0.1, 0.15) is 73.2 Å². The summed E-state index contributed by atoms with van der Waals surface area (Å²) in [6.07, 6.45) is 3.80. The first-order valence-corrected chi connectivity index (χ1v) is 16.1. The molecule has 1 aromatic heterocycles. The molecule has 1 aliphatic heterocycles. The first-order valence-electron chi connectivity index (χ1n) is 15.1. The average Bonchev–Trinajstić information content (AvgIpc) is 3.60. The van der Waals surface area contributed by atoms with Gasteiger partial charge < -0.3 is 25.0 Å². The molecule has 5 rings (SSSR count). The third-order valence-corrected chi connectivity index (χ3v) is 8.70. The number of nitrogens with zero attached hydrogens (tertiary/aromatic N) is 2. The van der Waals surface area contributed by atoms with Gasteiger partial charge in [0.25, 0.3) is 0 Å². The number of nitrogens with one attached hydrogen (secondary N) is 2. The van der Waals surface area contributed by atoms with Crippen LogP contribution in [0.25, 0.3) is 11.1 Å². The molecule has 2 heterocycles. The number of carbonyl (C=O) groups is 2. The predicted molar refractivity (Wildman–Crippen MR) is 170 cm³/mol. The molecule has 0 saturated carbocycles. The maximum absolute atomic E-state index is 12.4. The number of aromatic nitrogens is 3. The van der Waals surface area contributed by atoms with Crippen LogP contribution >= 0.6 is 11.8 Å². The lowest BCUT2D eigenvalue weighted by molar-refractivity contribution is -0.245. The Balaban J connectivity index is 1.24. The molecular weight excluding hydrogens is 592 g/mol. The number of aromatic amines is 1. The van der Waals surface area contributed by atoms with Crippen molar-refractivity contribution in [3.05, 3.63) is 101 Å². The molecule has 1 saturated heterocycles. The second-order valence-corrected chi connectivity index (χ2v) is 12.0. The first kappa shape index (κ1) is 32.4. The summed E-state index contributed by atoms with van der Waals surface area (Å²) < 4.78 is 12.9. The van der Waals surface area contributed by atoms with E-state index in [9.17, 15) is 14.7 Å². The predicted octanol–water partition coefficient (Wildman–Crippen LogP) is 5.95.